The minimum atomic E-state index is -0.413. The summed E-state index contributed by atoms with van der Waals surface area (Å²) in [5.41, 5.74) is 12.7. The Labute approximate surface area is 273 Å². The monoisotopic (exact) mass is 600 g/mol. The van der Waals surface area contributed by atoms with E-state index in [4.69, 9.17) is 0 Å². The molecule has 0 nitrogen and oxygen atoms in total. The van der Waals surface area contributed by atoms with Gasteiger partial charge in [-0.3, -0.25) is 0 Å². The van der Waals surface area contributed by atoms with Crippen LogP contribution in [0.25, 0.3) is 54.9 Å². The largest absolute Gasteiger partial charge is 0.0888 e. The van der Waals surface area contributed by atoms with Crippen LogP contribution in [0.2, 0.25) is 0 Å². The lowest BCUT2D eigenvalue weighted by molar-refractivity contribution is 0.769. The number of fused-ring (bicyclic) bond motifs is 7. The molecule has 0 aromatic heterocycles. The second-order valence-corrected chi connectivity index (χ2v) is 13.5. The van der Waals surface area contributed by atoms with Crippen LogP contribution >= 0.6 is 11.8 Å². The molecule has 1 unspecified atom stereocenters. The van der Waals surface area contributed by atoms with E-state index in [-0.39, 0.29) is 0 Å². The van der Waals surface area contributed by atoms with Crippen LogP contribution in [-0.4, -0.2) is 0 Å². The van der Waals surface area contributed by atoms with Crippen molar-refractivity contribution in [1.29, 1.82) is 0 Å². The molecule has 1 aliphatic carbocycles. The van der Waals surface area contributed by atoms with Gasteiger partial charge < -0.3 is 0 Å². The van der Waals surface area contributed by atoms with Crippen molar-refractivity contribution in [1.82, 2.24) is 0 Å². The third-order valence-electron chi connectivity index (χ3n) is 10.1. The predicted molar refractivity (Wildman–Crippen MR) is 194 cm³/mol. The van der Waals surface area contributed by atoms with E-state index in [1.54, 1.807) is 0 Å². The fourth-order valence-corrected chi connectivity index (χ4v) is 9.37. The van der Waals surface area contributed by atoms with E-state index in [0.29, 0.717) is 0 Å². The summed E-state index contributed by atoms with van der Waals surface area (Å²) in [5.74, 6) is 0. The zero-order chi connectivity index (χ0) is 30.2. The summed E-state index contributed by atoms with van der Waals surface area (Å²) in [5, 5.41) is 5.27. The first-order chi connectivity index (χ1) is 22.8. The molecule has 0 amide bonds. The average Bonchev–Trinajstić information content (AvgIpc) is 3.44. The number of hydrogen-bond donors (Lipinski definition) is 0. The fourth-order valence-electron chi connectivity index (χ4n) is 8.18. The van der Waals surface area contributed by atoms with Crippen molar-refractivity contribution in [2.24, 2.45) is 0 Å². The molecular formula is C45H28S. The molecule has 214 valence electrons. The molecule has 0 saturated heterocycles. The molecule has 8 aromatic carbocycles. The van der Waals surface area contributed by atoms with Crippen molar-refractivity contribution >= 4 is 33.3 Å². The predicted octanol–water partition coefficient (Wildman–Crippen LogP) is 12.2. The Hall–Kier alpha value is -5.37. The van der Waals surface area contributed by atoms with E-state index in [0.717, 1.165) is 0 Å². The van der Waals surface area contributed by atoms with Crippen LogP contribution in [0, 0.1) is 0 Å². The van der Waals surface area contributed by atoms with Gasteiger partial charge in [0.15, 0.2) is 0 Å². The second kappa shape index (κ2) is 9.81. The van der Waals surface area contributed by atoms with Gasteiger partial charge in [0.25, 0.3) is 0 Å². The molecule has 1 heterocycles. The smallest absolute Gasteiger partial charge is 0.0713 e. The van der Waals surface area contributed by atoms with Gasteiger partial charge in [-0.05, 0) is 83.9 Å². The van der Waals surface area contributed by atoms with Gasteiger partial charge in [0, 0.05) is 15.2 Å². The van der Waals surface area contributed by atoms with Gasteiger partial charge in [-0.15, -0.1) is 0 Å². The Morgan fingerprint density at radius 3 is 1.98 bits per heavy atom. The molecule has 0 radical (unpaired) electrons. The van der Waals surface area contributed by atoms with Crippen LogP contribution < -0.4 is 0 Å². The molecule has 1 aliphatic heterocycles. The molecule has 10 rings (SSSR count). The average molecular weight is 601 g/mol. The van der Waals surface area contributed by atoms with Gasteiger partial charge in [0.2, 0.25) is 0 Å². The molecule has 8 aromatic rings. The summed E-state index contributed by atoms with van der Waals surface area (Å²) in [6.45, 7) is 0. The molecule has 46 heavy (non-hydrogen) atoms. The van der Waals surface area contributed by atoms with Gasteiger partial charge in [0.1, 0.15) is 0 Å². The van der Waals surface area contributed by atoms with Gasteiger partial charge >= 0.3 is 0 Å². The molecule has 0 N–H and O–H groups in total. The Morgan fingerprint density at radius 2 is 1.09 bits per heavy atom. The third kappa shape index (κ3) is 3.52. The highest BCUT2D eigenvalue weighted by molar-refractivity contribution is 7.99. The van der Waals surface area contributed by atoms with Crippen molar-refractivity contribution in [2.75, 3.05) is 0 Å². The minimum Gasteiger partial charge on any atom is -0.0888 e. The van der Waals surface area contributed by atoms with E-state index in [2.05, 4.69) is 170 Å². The second-order valence-electron chi connectivity index (χ2n) is 12.4. The molecule has 2 aliphatic rings. The first kappa shape index (κ1) is 25.9. The Kier molecular flexibility index (Phi) is 5.53. The maximum absolute atomic E-state index is 2.38. The summed E-state index contributed by atoms with van der Waals surface area (Å²) < 4.78 is 0. The van der Waals surface area contributed by atoms with Crippen molar-refractivity contribution in [3.63, 3.8) is 0 Å². The summed E-state index contributed by atoms with van der Waals surface area (Å²) in [6.07, 6.45) is 0. The Morgan fingerprint density at radius 1 is 0.391 bits per heavy atom. The van der Waals surface area contributed by atoms with E-state index in [1.807, 2.05) is 11.8 Å². The highest BCUT2D eigenvalue weighted by atomic mass is 32.2. The van der Waals surface area contributed by atoms with Crippen LogP contribution in [0.15, 0.2) is 180 Å². The maximum Gasteiger partial charge on any atom is 0.0713 e. The molecule has 0 saturated carbocycles. The molecule has 0 spiro atoms. The van der Waals surface area contributed by atoms with Gasteiger partial charge in [0.05, 0.1) is 5.41 Å². The van der Waals surface area contributed by atoms with Crippen LogP contribution in [0.4, 0.5) is 0 Å². The third-order valence-corrected chi connectivity index (χ3v) is 11.3. The van der Waals surface area contributed by atoms with Crippen molar-refractivity contribution < 1.29 is 0 Å². The van der Waals surface area contributed by atoms with Gasteiger partial charge in [-0.25, -0.2) is 0 Å². The van der Waals surface area contributed by atoms with E-state index in [9.17, 15) is 0 Å². The highest BCUT2D eigenvalue weighted by Crippen LogP contribution is 2.58. The Bertz CT molecular complexity index is 2480. The summed E-state index contributed by atoms with van der Waals surface area (Å²) in [6, 6.07) is 63.3. The van der Waals surface area contributed by atoms with Crippen LogP contribution in [0.3, 0.4) is 0 Å². The zero-order valence-electron chi connectivity index (χ0n) is 25.1. The van der Waals surface area contributed by atoms with Crippen LogP contribution in [0.1, 0.15) is 22.3 Å². The number of benzene rings is 8. The molecule has 1 heteroatoms. The fraction of sp³-hybridized carbons (Fsp3) is 0.0222. The summed E-state index contributed by atoms with van der Waals surface area (Å²) in [4.78, 5) is 2.66. The lowest BCUT2D eigenvalue weighted by atomic mass is 9.67. The topological polar surface area (TPSA) is 0 Å². The Balaban J connectivity index is 1.15. The molecule has 0 fully saturated rings. The minimum absolute atomic E-state index is 0.413. The lowest BCUT2D eigenvalue weighted by Crippen LogP contribution is -2.28. The van der Waals surface area contributed by atoms with Crippen molar-refractivity contribution in [3.05, 3.63) is 192 Å². The standard InChI is InChI=1S/C45H28S/c1-2-13-33(14-3-1)45(39-18-7-6-16-38(39)44-35-15-5-4-10-30(35)23-27-40(44)45)34-24-20-29(21-25-34)32-22-26-36-37-17-8-11-31-12-9-19-41(43(31)37)46-42(36)28-32/h1-28H. The van der Waals surface area contributed by atoms with E-state index < -0.39 is 5.41 Å². The highest BCUT2D eigenvalue weighted by Gasteiger charge is 2.46. The van der Waals surface area contributed by atoms with Crippen molar-refractivity contribution in [3.8, 4) is 33.4 Å². The molecular weight excluding hydrogens is 573 g/mol. The summed E-state index contributed by atoms with van der Waals surface area (Å²) in [7, 11) is 0. The van der Waals surface area contributed by atoms with E-state index in [1.165, 1.54) is 87.0 Å². The van der Waals surface area contributed by atoms with Crippen molar-refractivity contribution in [2.45, 2.75) is 15.2 Å². The number of hydrogen-bond acceptors (Lipinski definition) is 1. The summed E-state index contributed by atoms with van der Waals surface area (Å²) >= 11 is 1.89. The molecule has 1 atom stereocenters. The zero-order valence-corrected chi connectivity index (χ0v) is 25.9. The first-order valence-corrected chi connectivity index (χ1v) is 16.7. The SMILES string of the molecule is c1ccc(C2(c3ccc(-c4ccc5c(c4)Sc4cccc6cccc-5c46)cc3)c3ccccc3-c3c2ccc2ccccc32)cc1. The quantitative estimate of drug-likeness (QED) is 0.194. The normalized spacial score (nSPS) is 15.8. The van der Waals surface area contributed by atoms with Gasteiger partial charge in [-0.2, -0.15) is 0 Å². The van der Waals surface area contributed by atoms with Crippen LogP contribution in [-0.2, 0) is 5.41 Å². The first-order valence-electron chi connectivity index (χ1n) is 15.9. The molecule has 0 bridgehead atoms. The maximum atomic E-state index is 2.38. The lowest BCUT2D eigenvalue weighted by Gasteiger charge is -2.34. The number of rotatable bonds is 3. The van der Waals surface area contributed by atoms with Crippen LogP contribution in [0.5, 0.6) is 0 Å². The van der Waals surface area contributed by atoms with E-state index >= 15 is 0 Å². The van der Waals surface area contributed by atoms with Gasteiger partial charge in [-0.1, -0.05) is 169 Å².